The van der Waals surface area contributed by atoms with Crippen LogP contribution in [0.5, 0.6) is 0 Å². The minimum absolute atomic E-state index is 0.461. The Hall–Kier alpha value is -0.0400. The lowest BCUT2D eigenvalue weighted by molar-refractivity contribution is 0.178. The maximum atomic E-state index is 2.52. The monoisotopic (exact) mass is 169 g/mol. The van der Waals surface area contributed by atoms with Gasteiger partial charge in [-0.2, -0.15) is 0 Å². The topological polar surface area (TPSA) is 3.24 Å². The fourth-order valence-corrected chi connectivity index (χ4v) is 1.37. The largest absolute Gasteiger partial charge is 0.303 e. The van der Waals surface area contributed by atoms with Crippen LogP contribution in [0.15, 0.2) is 0 Å². The van der Waals surface area contributed by atoms with E-state index in [4.69, 9.17) is 0 Å². The Bertz CT molecular complexity index is 142. The number of hydrogen-bond acceptors (Lipinski definition) is 1. The summed E-state index contributed by atoms with van der Waals surface area (Å²) in [6.45, 7) is 10.6. The number of nitrogens with zero attached hydrogens (tertiary/aromatic N) is 1. The Morgan fingerprint density at radius 3 is 2.17 bits per heavy atom. The molecule has 12 heavy (non-hydrogen) atoms. The summed E-state index contributed by atoms with van der Waals surface area (Å²) in [6.07, 6.45) is 2.85. The second-order valence-corrected chi connectivity index (χ2v) is 5.44. The van der Waals surface area contributed by atoms with Crippen molar-refractivity contribution < 1.29 is 0 Å². The Morgan fingerprint density at radius 2 is 1.83 bits per heavy atom. The molecule has 0 spiro atoms. The van der Waals surface area contributed by atoms with Gasteiger partial charge in [-0.25, -0.2) is 0 Å². The van der Waals surface area contributed by atoms with Gasteiger partial charge >= 0.3 is 0 Å². The lowest BCUT2D eigenvalue weighted by atomic mass is 9.82. The highest BCUT2D eigenvalue weighted by Crippen LogP contribution is 2.30. The third-order valence-corrected chi connectivity index (χ3v) is 3.21. The average molecular weight is 169 g/mol. The first-order valence-corrected chi connectivity index (χ1v) is 5.11. The van der Waals surface area contributed by atoms with Gasteiger partial charge in [0.2, 0.25) is 0 Å². The van der Waals surface area contributed by atoms with Crippen molar-refractivity contribution in [2.45, 2.75) is 46.6 Å². The van der Waals surface area contributed by atoms with Crippen molar-refractivity contribution in [1.82, 2.24) is 4.90 Å². The van der Waals surface area contributed by atoms with Crippen LogP contribution in [0.4, 0.5) is 0 Å². The first-order valence-electron chi connectivity index (χ1n) is 5.11. The molecule has 0 N–H and O–H groups in total. The quantitative estimate of drug-likeness (QED) is 0.628. The van der Waals surface area contributed by atoms with Gasteiger partial charge in [0.05, 0.1) is 0 Å². The van der Waals surface area contributed by atoms with Gasteiger partial charge in [-0.15, -0.1) is 0 Å². The van der Waals surface area contributed by atoms with Crippen molar-refractivity contribution in [3.8, 4) is 0 Å². The van der Waals surface area contributed by atoms with Gasteiger partial charge in [-0.05, 0) is 31.2 Å². The molecule has 1 aliphatic rings. The van der Waals surface area contributed by atoms with Crippen LogP contribution in [-0.4, -0.2) is 24.5 Å². The molecule has 0 heterocycles. The fourth-order valence-electron chi connectivity index (χ4n) is 1.37. The van der Waals surface area contributed by atoms with Gasteiger partial charge in [0.15, 0.2) is 0 Å². The van der Waals surface area contributed by atoms with Gasteiger partial charge in [-0.3, -0.25) is 0 Å². The smallest absolute Gasteiger partial charge is 0.00934 e. The highest BCUT2D eigenvalue weighted by Gasteiger charge is 2.29. The van der Waals surface area contributed by atoms with Gasteiger partial charge < -0.3 is 4.90 Å². The third kappa shape index (κ3) is 2.78. The van der Waals surface area contributed by atoms with Gasteiger partial charge in [-0.1, -0.05) is 27.7 Å². The summed E-state index contributed by atoms with van der Waals surface area (Å²) in [5.74, 6) is 0.795. The molecule has 0 aromatic rings. The van der Waals surface area contributed by atoms with Crippen molar-refractivity contribution in [3.05, 3.63) is 0 Å². The fraction of sp³-hybridized carbons (Fsp3) is 1.00. The maximum Gasteiger partial charge on any atom is 0.00934 e. The summed E-state index contributed by atoms with van der Waals surface area (Å²) in [5, 5.41) is 0. The zero-order chi connectivity index (χ0) is 9.35. The van der Waals surface area contributed by atoms with E-state index in [0.29, 0.717) is 5.41 Å². The Morgan fingerprint density at radius 1 is 1.33 bits per heavy atom. The lowest BCUT2D eigenvalue weighted by Gasteiger charge is -2.31. The summed E-state index contributed by atoms with van der Waals surface area (Å²) >= 11 is 0. The molecule has 0 aromatic carbocycles. The van der Waals surface area contributed by atoms with E-state index >= 15 is 0 Å². The molecular formula is C11H23N. The van der Waals surface area contributed by atoms with Crippen LogP contribution < -0.4 is 0 Å². The summed E-state index contributed by atoms with van der Waals surface area (Å²) in [4.78, 5) is 2.52. The predicted octanol–water partition coefficient (Wildman–Crippen LogP) is 2.76. The molecule has 0 bridgehead atoms. The molecule has 72 valence electrons. The molecule has 1 atom stereocenters. The van der Waals surface area contributed by atoms with Crippen molar-refractivity contribution in [1.29, 1.82) is 0 Å². The second kappa shape index (κ2) is 3.37. The van der Waals surface area contributed by atoms with E-state index in [1.165, 1.54) is 19.4 Å². The zero-order valence-corrected chi connectivity index (χ0v) is 9.22. The highest BCUT2D eigenvalue weighted by atomic mass is 15.2. The first kappa shape index (κ1) is 10.0. The zero-order valence-electron chi connectivity index (χ0n) is 9.22. The maximum absolute atomic E-state index is 2.52. The van der Waals surface area contributed by atoms with E-state index in [0.717, 1.165) is 12.0 Å². The average Bonchev–Trinajstić information content (AvgIpc) is 2.65. The molecular weight excluding hydrogens is 146 g/mol. The minimum atomic E-state index is 0.461. The molecule has 0 aromatic heterocycles. The van der Waals surface area contributed by atoms with Gasteiger partial charge in [0.1, 0.15) is 0 Å². The number of rotatable bonds is 3. The van der Waals surface area contributed by atoms with Crippen LogP contribution in [0.2, 0.25) is 0 Å². The molecule has 0 aliphatic heterocycles. The van der Waals surface area contributed by atoms with E-state index in [9.17, 15) is 0 Å². The Balaban J connectivity index is 2.29. The summed E-state index contributed by atoms with van der Waals surface area (Å²) in [7, 11) is 2.26. The van der Waals surface area contributed by atoms with E-state index in [1.807, 2.05) is 0 Å². The standard InChI is InChI=1S/C11H23N/c1-9(11(2,3)4)8-12(5)10-6-7-10/h9-10H,6-8H2,1-5H3. The van der Waals surface area contributed by atoms with Crippen LogP contribution in [0.25, 0.3) is 0 Å². The van der Waals surface area contributed by atoms with E-state index in [2.05, 4.69) is 39.6 Å². The van der Waals surface area contributed by atoms with Gasteiger partial charge in [0.25, 0.3) is 0 Å². The Kier molecular flexibility index (Phi) is 2.82. The molecule has 0 radical (unpaired) electrons. The molecule has 1 saturated carbocycles. The van der Waals surface area contributed by atoms with Crippen LogP contribution in [0.1, 0.15) is 40.5 Å². The van der Waals surface area contributed by atoms with Crippen molar-refractivity contribution in [3.63, 3.8) is 0 Å². The molecule has 0 saturated heterocycles. The van der Waals surface area contributed by atoms with E-state index in [1.54, 1.807) is 0 Å². The lowest BCUT2D eigenvalue weighted by Crippen LogP contribution is -2.32. The molecule has 1 aliphatic carbocycles. The van der Waals surface area contributed by atoms with Crippen molar-refractivity contribution in [2.24, 2.45) is 11.3 Å². The summed E-state index contributed by atoms with van der Waals surface area (Å²) in [6, 6.07) is 0.912. The second-order valence-electron chi connectivity index (χ2n) is 5.44. The Labute approximate surface area is 77.1 Å². The molecule has 1 unspecified atom stereocenters. The van der Waals surface area contributed by atoms with Gasteiger partial charge in [0, 0.05) is 12.6 Å². The normalized spacial score (nSPS) is 21.5. The van der Waals surface area contributed by atoms with Crippen molar-refractivity contribution in [2.75, 3.05) is 13.6 Å². The first-order chi connectivity index (χ1) is 5.41. The molecule has 1 fully saturated rings. The van der Waals surface area contributed by atoms with Crippen LogP contribution in [0, 0.1) is 11.3 Å². The molecule has 1 heteroatoms. The van der Waals surface area contributed by atoms with Crippen LogP contribution >= 0.6 is 0 Å². The molecule has 1 rings (SSSR count). The molecule has 0 amide bonds. The van der Waals surface area contributed by atoms with Crippen LogP contribution in [0.3, 0.4) is 0 Å². The van der Waals surface area contributed by atoms with E-state index in [-0.39, 0.29) is 0 Å². The third-order valence-electron chi connectivity index (χ3n) is 3.21. The number of hydrogen-bond donors (Lipinski definition) is 0. The van der Waals surface area contributed by atoms with Crippen molar-refractivity contribution >= 4 is 0 Å². The summed E-state index contributed by atoms with van der Waals surface area (Å²) < 4.78 is 0. The van der Waals surface area contributed by atoms with Crippen LogP contribution in [-0.2, 0) is 0 Å². The predicted molar refractivity (Wildman–Crippen MR) is 54.3 cm³/mol. The SMILES string of the molecule is CC(CN(C)C1CC1)C(C)(C)C. The summed E-state index contributed by atoms with van der Waals surface area (Å²) in [5.41, 5.74) is 0.461. The highest BCUT2D eigenvalue weighted by molar-refractivity contribution is 4.84. The molecule has 1 nitrogen and oxygen atoms in total. The minimum Gasteiger partial charge on any atom is -0.303 e. The van der Waals surface area contributed by atoms with E-state index < -0.39 is 0 Å².